The number of hydrogen-bond acceptors (Lipinski definition) is 3. The molecule has 2 nitrogen and oxygen atoms in total. The first-order valence-electron chi connectivity index (χ1n) is 7.11. The molecule has 2 atom stereocenters. The molecule has 0 aromatic carbocycles. The number of Topliss-reactive ketones (excluding diaryl/α,β-unsaturated/α-hetero) is 1. The number of alkyl halides is 2. The predicted molar refractivity (Wildman–Crippen MR) is 76.7 cm³/mol. The van der Waals surface area contributed by atoms with Gasteiger partial charge in [-0.05, 0) is 24.7 Å². The lowest BCUT2D eigenvalue weighted by atomic mass is 9.82. The molecule has 5 heteroatoms. The first kappa shape index (κ1) is 16.9. The van der Waals surface area contributed by atoms with Crippen LogP contribution in [-0.4, -0.2) is 23.0 Å². The number of ketones is 1. The van der Waals surface area contributed by atoms with Gasteiger partial charge in [-0.15, -0.1) is 0 Å². The van der Waals surface area contributed by atoms with Crippen molar-refractivity contribution in [1.29, 1.82) is 0 Å². The first-order chi connectivity index (χ1) is 8.75. The van der Waals surface area contributed by atoms with Crippen LogP contribution in [0.1, 0.15) is 52.4 Å². The Morgan fingerprint density at radius 2 is 1.84 bits per heavy atom. The molecule has 0 aromatic heterocycles. The van der Waals surface area contributed by atoms with Crippen molar-refractivity contribution in [2.24, 2.45) is 17.6 Å². The van der Waals surface area contributed by atoms with Crippen LogP contribution in [-0.2, 0) is 4.79 Å². The van der Waals surface area contributed by atoms with Crippen LogP contribution in [0.15, 0.2) is 0 Å². The van der Waals surface area contributed by atoms with E-state index in [2.05, 4.69) is 12.6 Å². The zero-order valence-electron chi connectivity index (χ0n) is 11.7. The molecule has 1 saturated carbocycles. The molecule has 0 radical (unpaired) electrons. The van der Waals surface area contributed by atoms with E-state index < -0.39 is 29.4 Å². The van der Waals surface area contributed by atoms with Crippen LogP contribution in [0.5, 0.6) is 0 Å². The minimum absolute atomic E-state index is 0.186. The third-order valence-electron chi connectivity index (χ3n) is 3.83. The van der Waals surface area contributed by atoms with Crippen molar-refractivity contribution in [2.75, 3.05) is 0 Å². The number of carbonyl (C=O) groups excluding carboxylic acids is 1. The SMILES string of the molecule is CC(C)CC(F)(F)C(=O)[C@H](N)C(S)C1CCCCC1. The summed E-state index contributed by atoms with van der Waals surface area (Å²) >= 11 is 4.35. The van der Waals surface area contributed by atoms with Gasteiger partial charge in [0, 0.05) is 11.7 Å². The Kier molecular flexibility index (Phi) is 6.24. The Morgan fingerprint density at radius 3 is 2.32 bits per heavy atom. The van der Waals surface area contributed by atoms with E-state index in [1.54, 1.807) is 13.8 Å². The van der Waals surface area contributed by atoms with Gasteiger partial charge in [0.15, 0.2) is 0 Å². The van der Waals surface area contributed by atoms with E-state index in [1.165, 1.54) is 6.42 Å². The summed E-state index contributed by atoms with van der Waals surface area (Å²) in [4.78, 5) is 11.9. The minimum atomic E-state index is -3.33. The first-order valence-corrected chi connectivity index (χ1v) is 7.63. The van der Waals surface area contributed by atoms with Gasteiger partial charge in [-0.1, -0.05) is 33.1 Å². The van der Waals surface area contributed by atoms with E-state index in [-0.39, 0.29) is 11.8 Å². The highest BCUT2D eigenvalue weighted by Gasteiger charge is 2.44. The van der Waals surface area contributed by atoms with Crippen molar-refractivity contribution < 1.29 is 13.6 Å². The molecule has 1 unspecified atom stereocenters. The van der Waals surface area contributed by atoms with Crippen molar-refractivity contribution in [3.63, 3.8) is 0 Å². The normalized spacial score (nSPS) is 21.4. The molecule has 0 bridgehead atoms. The molecular weight excluding hydrogens is 268 g/mol. The van der Waals surface area contributed by atoms with E-state index in [4.69, 9.17) is 5.73 Å². The molecular formula is C14H25F2NOS. The second-order valence-corrected chi connectivity index (χ2v) is 6.68. The van der Waals surface area contributed by atoms with E-state index in [0.717, 1.165) is 25.7 Å². The van der Waals surface area contributed by atoms with Crippen molar-refractivity contribution in [3.8, 4) is 0 Å². The number of halogens is 2. The van der Waals surface area contributed by atoms with Crippen molar-refractivity contribution in [1.82, 2.24) is 0 Å². The second-order valence-electron chi connectivity index (χ2n) is 6.08. The lowest BCUT2D eigenvalue weighted by Crippen LogP contribution is -2.50. The average Bonchev–Trinajstić information content (AvgIpc) is 2.35. The number of nitrogens with two attached hydrogens (primary N) is 1. The highest BCUT2D eigenvalue weighted by Crippen LogP contribution is 2.33. The number of hydrogen-bond donors (Lipinski definition) is 2. The largest absolute Gasteiger partial charge is 0.320 e. The third kappa shape index (κ3) is 4.71. The molecule has 112 valence electrons. The van der Waals surface area contributed by atoms with E-state index in [0.29, 0.717) is 0 Å². The van der Waals surface area contributed by atoms with E-state index in [9.17, 15) is 13.6 Å². The smallest absolute Gasteiger partial charge is 0.307 e. The van der Waals surface area contributed by atoms with Crippen LogP contribution >= 0.6 is 12.6 Å². The lowest BCUT2D eigenvalue weighted by Gasteiger charge is -2.31. The van der Waals surface area contributed by atoms with Gasteiger partial charge in [0.25, 0.3) is 0 Å². The fourth-order valence-corrected chi connectivity index (χ4v) is 3.21. The highest BCUT2D eigenvalue weighted by molar-refractivity contribution is 7.81. The Morgan fingerprint density at radius 1 is 1.32 bits per heavy atom. The van der Waals surface area contributed by atoms with Crippen molar-refractivity contribution >= 4 is 18.4 Å². The van der Waals surface area contributed by atoms with Crippen molar-refractivity contribution in [2.45, 2.75) is 69.6 Å². The van der Waals surface area contributed by atoms with Gasteiger partial charge in [-0.2, -0.15) is 21.4 Å². The summed E-state index contributed by atoms with van der Waals surface area (Å²) < 4.78 is 27.6. The van der Waals surface area contributed by atoms with Gasteiger partial charge in [0.1, 0.15) is 0 Å². The highest BCUT2D eigenvalue weighted by atomic mass is 32.1. The maximum atomic E-state index is 13.8. The summed E-state index contributed by atoms with van der Waals surface area (Å²) in [6.07, 6.45) is 4.75. The van der Waals surface area contributed by atoms with Gasteiger partial charge >= 0.3 is 5.92 Å². The molecule has 2 N–H and O–H groups in total. The third-order valence-corrected chi connectivity index (χ3v) is 4.57. The van der Waals surface area contributed by atoms with Crippen LogP contribution in [0, 0.1) is 11.8 Å². The number of rotatable bonds is 6. The minimum Gasteiger partial charge on any atom is -0.320 e. The second kappa shape index (κ2) is 7.02. The summed E-state index contributed by atoms with van der Waals surface area (Å²) in [5.41, 5.74) is 5.75. The molecule has 1 fully saturated rings. The van der Waals surface area contributed by atoms with Crippen molar-refractivity contribution in [3.05, 3.63) is 0 Å². The summed E-state index contributed by atoms with van der Waals surface area (Å²) in [5.74, 6) is -4.53. The zero-order chi connectivity index (χ0) is 14.6. The predicted octanol–water partition coefficient (Wildman–Crippen LogP) is 3.44. The van der Waals surface area contributed by atoms with E-state index in [1.807, 2.05) is 0 Å². The molecule has 1 aliphatic rings. The maximum Gasteiger partial charge on any atom is 0.307 e. The average molecular weight is 293 g/mol. The molecule has 0 heterocycles. The Bertz CT molecular complexity index is 304. The number of carbonyl (C=O) groups is 1. The lowest BCUT2D eigenvalue weighted by molar-refractivity contribution is -0.147. The van der Waals surface area contributed by atoms with Gasteiger partial charge in [-0.3, -0.25) is 4.79 Å². The van der Waals surface area contributed by atoms with E-state index >= 15 is 0 Å². The van der Waals surface area contributed by atoms with Crippen LogP contribution in [0.2, 0.25) is 0 Å². The molecule has 0 aliphatic heterocycles. The van der Waals surface area contributed by atoms with Gasteiger partial charge in [0.05, 0.1) is 6.04 Å². The summed E-state index contributed by atoms with van der Waals surface area (Å²) in [7, 11) is 0. The molecule has 0 saturated heterocycles. The fourth-order valence-electron chi connectivity index (χ4n) is 2.78. The van der Waals surface area contributed by atoms with Crippen LogP contribution in [0.4, 0.5) is 8.78 Å². The monoisotopic (exact) mass is 293 g/mol. The quantitative estimate of drug-likeness (QED) is 0.737. The summed E-state index contributed by atoms with van der Waals surface area (Å²) in [6.45, 7) is 3.35. The van der Waals surface area contributed by atoms with Crippen LogP contribution in [0.25, 0.3) is 0 Å². The van der Waals surface area contributed by atoms with Crippen LogP contribution < -0.4 is 5.73 Å². The number of thiol groups is 1. The summed E-state index contributed by atoms with van der Waals surface area (Å²) in [5, 5.41) is -0.453. The van der Waals surface area contributed by atoms with Crippen LogP contribution in [0.3, 0.4) is 0 Å². The molecule has 1 rings (SSSR count). The molecule has 0 amide bonds. The fraction of sp³-hybridized carbons (Fsp3) is 0.929. The standard InChI is InChI=1S/C14H25F2NOS/c1-9(2)8-14(15,16)13(18)11(17)12(19)10-6-4-3-5-7-10/h9-12,19H,3-8,17H2,1-2H3/t11-,12?/m1/s1. The Balaban J connectivity index is 2.64. The topological polar surface area (TPSA) is 43.1 Å². The van der Waals surface area contributed by atoms with Gasteiger partial charge in [0.2, 0.25) is 5.78 Å². The Hall–Kier alpha value is -0.160. The zero-order valence-corrected chi connectivity index (χ0v) is 12.6. The van der Waals surface area contributed by atoms with Gasteiger partial charge < -0.3 is 5.73 Å². The molecule has 19 heavy (non-hydrogen) atoms. The molecule has 1 aliphatic carbocycles. The molecule has 0 spiro atoms. The summed E-state index contributed by atoms with van der Waals surface area (Å²) in [6, 6.07) is -1.17. The maximum absolute atomic E-state index is 13.8. The molecule has 0 aromatic rings. The Labute approximate surface area is 119 Å². The van der Waals surface area contributed by atoms with Gasteiger partial charge in [-0.25, -0.2) is 0 Å².